The molecule has 0 aliphatic heterocycles. The number of carboxylic acid groups (broad SMARTS) is 1. The first kappa shape index (κ1) is 8.53. The van der Waals surface area contributed by atoms with Gasteiger partial charge in [0.05, 0.1) is 6.42 Å². The first-order chi connectivity index (χ1) is 4.99. The van der Waals surface area contributed by atoms with Gasteiger partial charge in [-0.2, -0.15) is 0 Å². The van der Waals surface area contributed by atoms with Gasteiger partial charge in [0.1, 0.15) is 0 Å². The zero-order valence-electron chi connectivity index (χ0n) is 7.05. The lowest BCUT2D eigenvalue weighted by Gasteiger charge is -2.23. The standard InChI is InChI=1S/C8H15NO2/c1-8(2,5-7(10)11)9-6-3-4-6/h6,9H,3-5H2,1-2H3,(H,10,11). The Morgan fingerprint density at radius 3 is 2.55 bits per heavy atom. The first-order valence-electron chi connectivity index (χ1n) is 3.99. The van der Waals surface area contributed by atoms with E-state index in [1.54, 1.807) is 0 Å². The van der Waals surface area contributed by atoms with Gasteiger partial charge >= 0.3 is 5.97 Å². The molecule has 0 bridgehead atoms. The van der Waals surface area contributed by atoms with Crippen molar-refractivity contribution in [3.8, 4) is 0 Å². The summed E-state index contributed by atoms with van der Waals surface area (Å²) in [6, 6.07) is 0.573. The van der Waals surface area contributed by atoms with E-state index in [1.165, 1.54) is 12.8 Å². The number of carbonyl (C=O) groups is 1. The molecule has 3 heteroatoms. The summed E-state index contributed by atoms with van der Waals surface area (Å²) in [7, 11) is 0. The number of hydrogen-bond donors (Lipinski definition) is 2. The SMILES string of the molecule is CC(C)(CC(=O)O)NC1CC1. The van der Waals surface area contributed by atoms with E-state index in [0.717, 1.165) is 0 Å². The Bertz CT molecular complexity index is 161. The molecule has 2 N–H and O–H groups in total. The van der Waals surface area contributed by atoms with Crippen LogP contribution in [0.2, 0.25) is 0 Å². The fraction of sp³-hybridized carbons (Fsp3) is 0.875. The second kappa shape index (κ2) is 2.81. The van der Waals surface area contributed by atoms with Gasteiger partial charge in [-0.05, 0) is 26.7 Å². The van der Waals surface area contributed by atoms with Crippen molar-refractivity contribution in [3.63, 3.8) is 0 Å². The van der Waals surface area contributed by atoms with Crippen molar-refractivity contribution < 1.29 is 9.90 Å². The molecule has 0 heterocycles. The molecule has 1 aliphatic carbocycles. The van der Waals surface area contributed by atoms with Crippen molar-refractivity contribution in [1.82, 2.24) is 5.32 Å². The maximum Gasteiger partial charge on any atom is 0.305 e. The predicted molar refractivity (Wildman–Crippen MR) is 42.5 cm³/mol. The van der Waals surface area contributed by atoms with Crippen LogP contribution in [0.4, 0.5) is 0 Å². The molecule has 1 rings (SSSR count). The molecule has 11 heavy (non-hydrogen) atoms. The lowest BCUT2D eigenvalue weighted by atomic mass is 10.0. The molecule has 1 aliphatic rings. The van der Waals surface area contributed by atoms with Gasteiger partial charge in [0.2, 0.25) is 0 Å². The highest BCUT2D eigenvalue weighted by Gasteiger charge is 2.30. The van der Waals surface area contributed by atoms with Gasteiger partial charge in [-0.25, -0.2) is 0 Å². The quantitative estimate of drug-likeness (QED) is 0.639. The molecule has 64 valence electrons. The zero-order chi connectivity index (χ0) is 8.48. The lowest BCUT2D eigenvalue weighted by molar-refractivity contribution is -0.138. The summed E-state index contributed by atoms with van der Waals surface area (Å²) in [4.78, 5) is 10.4. The molecule has 0 aromatic rings. The summed E-state index contributed by atoms with van der Waals surface area (Å²) >= 11 is 0. The molecule has 0 atom stereocenters. The summed E-state index contributed by atoms with van der Waals surface area (Å²) in [6.45, 7) is 3.86. The number of nitrogens with one attached hydrogen (secondary N) is 1. The molecule has 1 fully saturated rings. The fourth-order valence-corrected chi connectivity index (χ4v) is 1.21. The van der Waals surface area contributed by atoms with E-state index >= 15 is 0 Å². The molecule has 0 radical (unpaired) electrons. The minimum absolute atomic E-state index is 0.198. The van der Waals surface area contributed by atoms with Gasteiger partial charge in [0.25, 0.3) is 0 Å². The van der Waals surface area contributed by atoms with Crippen LogP contribution in [0.5, 0.6) is 0 Å². The average Bonchev–Trinajstić information content (AvgIpc) is 2.43. The Hall–Kier alpha value is -0.570. The van der Waals surface area contributed by atoms with Crippen LogP contribution in [-0.2, 0) is 4.79 Å². The second-order valence-electron chi connectivity index (χ2n) is 3.87. The van der Waals surface area contributed by atoms with Crippen LogP contribution in [0.1, 0.15) is 33.1 Å². The van der Waals surface area contributed by atoms with Crippen LogP contribution in [0.15, 0.2) is 0 Å². The van der Waals surface area contributed by atoms with Gasteiger partial charge in [-0.3, -0.25) is 4.79 Å². The Balaban J connectivity index is 2.30. The van der Waals surface area contributed by atoms with Crippen molar-refractivity contribution in [2.75, 3.05) is 0 Å². The Morgan fingerprint density at radius 1 is 1.64 bits per heavy atom. The summed E-state index contributed by atoms with van der Waals surface area (Å²) in [5.74, 6) is -0.733. The molecule has 0 saturated heterocycles. The van der Waals surface area contributed by atoms with E-state index in [1.807, 2.05) is 13.8 Å². The van der Waals surface area contributed by atoms with E-state index in [9.17, 15) is 4.79 Å². The van der Waals surface area contributed by atoms with Crippen LogP contribution >= 0.6 is 0 Å². The van der Waals surface area contributed by atoms with Crippen molar-refractivity contribution in [1.29, 1.82) is 0 Å². The largest absolute Gasteiger partial charge is 0.481 e. The van der Waals surface area contributed by atoms with Gasteiger partial charge in [0, 0.05) is 11.6 Å². The third-order valence-electron chi connectivity index (χ3n) is 1.77. The molecule has 1 saturated carbocycles. The van der Waals surface area contributed by atoms with Crippen LogP contribution in [0, 0.1) is 0 Å². The van der Waals surface area contributed by atoms with Crippen molar-refractivity contribution >= 4 is 5.97 Å². The Labute approximate surface area is 66.8 Å². The fourth-order valence-electron chi connectivity index (χ4n) is 1.21. The summed E-state index contributed by atoms with van der Waals surface area (Å²) in [5.41, 5.74) is -0.243. The molecule has 0 spiro atoms. The molecule has 0 amide bonds. The number of aliphatic carboxylic acids is 1. The predicted octanol–water partition coefficient (Wildman–Crippen LogP) is 0.992. The second-order valence-corrected chi connectivity index (χ2v) is 3.87. The lowest BCUT2D eigenvalue weighted by Crippen LogP contribution is -2.42. The molecular weight excluding hydrogens is 142 g/mol. The maximum absolute atomic E-state index is 10.4. The highest BCUT2D eigenvalue weighted by molar-refractivity contribution is 5.68. The van der Waals surface area contributed by atoms with Crippen LogP contribution in [0.3, 0.4) is 0 Å². The number of hydrogen-bond acceptors (Lipinski definition) is 2. The van der Waals surface area contributed by atoms with Crippen LogP contribution < -0.4 is 5.32 Å². The third-order valence-corrected chi connectivity index (χ3v) is 1.77. The van der Waals surface area contributed by atoms with Crippen molar-refractivity contribution in [2.45, 2.75) is 44.7 Å². The van der Waals surface area contributed by atoms with E-state index in [0.29, 0.717) is 6.04 Å². The van der Waals surface area contributed by atoms with E-state index in [4.69, 9.17) is 5.11 Å². The first-order valence-corrected chi connectivity index (χ1v) is 3.99. The highest BCUT2D eigenvalue weighted by Crippen LogP contribution is 2.23. The number of rotatable bonds is 4. The van der Waals surface area contributed by atoms with Gasteiger partial charge in [-0.15, -0.1) is 0 Å². The Morgan fingerprint density at radius 2 is 2.18 bits per heavy atom. The van der Waals surface area contributed by atoms with Crippen LogP contribution in [-0.4, -0.2) is 22.7 Å². The number of carboxylic acids is 1. The summed E-state index contributed by atoms with van der Waals surface area (Å²) in [6.07, 6.45) is 2.59. The summed E-state index contributed by atoms with van der Waals surface area (Å²) < 4.78 is 0. The van der Waals surface area contributed by atoms with Gasteiger partial charge in [-0.1, -0.05) is 0 Å². The molecular formula is C8H15NO2. The summed E-state index contributed by atoms with van der Waals surface area (Å²) in [5, 5.41) is 11.8. The average molecular weight is 157 g/mol. The van der Waals surface area contributed by atoms with Crippen molar-refractivity contribution in [2.24, 2.45) is 0 Å². The van der Waals surface area contributed by atoms with E-state index < -0.39 is 5.97 Å². The highest BCUT2D eigenvalue weighted by atomic mass is 16.4. The Kier molecular flexibility index (Phi) is 2.18. The van der Waals surface area contributed by atoms with Gasteiger partial charge in [0.15, 0.2) is 0 Å². The minimum Gasteiger partial charge on any atom is -0.481 e. The minimum atomic E-state index is -0.733. The third kappa shape index (κ3) is 3.37. The molecule has 0 unspecified atom stereocenters. The monoisotopic (exact) mass is 157 g/mol. The normalized spacial score (nSPS) is 18.4. The van der Waals surface area contributed by atoms with Crippen LogP contribution in [0.25, 0.3) is 0 Å². The molecule has 0 aromatic heterocycles. The van der Waals surface area contributed by atoms with Gasteiger partial charge < -0.3 is 10.4 Å². The molecule has 3 nitrogen and oxygen atoms in total. The zero-order valence-corrected chi connectivity index (χ0v) is 7.05. The topological polar surface area (TPSA) is 49.3 Å². The van der Waals surface area contributed by atoms with E-state index in [2.05, 4.69) is 5.32 Å². The maximum atomic E-state index is 10.4. The molecule has 0 aromatic carbocycles. The van der Waals surface area contributed by atoms with Crippen molar-refractivity contribution in [3.05, 3.63) is 0 Å². The smallest absolute Gasteiger partial charge is 0.305 e. The van der Waals surface area contributed by atoms with E-state index in [-0.39, 0.29) is 12.0 Å².